The van der Waals surface area contributed by atoms with Gasteiger partial charge in [-0.15, -0.1) is 0 Å². The summed E-state index contributed by atoms with van der Waals surface area (Å²) in [5.74, 6) is -0.563. The van der Waals surface area contributed by atoms with Crippen molar-refractivity contribution in [1.29, 1.82) is 0 Å². The Bertz CT molecular complexity index is 1310. The molecular weight excluding hydrogens is 414 g/mol. The lowest BCUT2D eigenvalue weighted by Crippen LogP contribution is -2.35. The quantitative estimate of drug-likeness (QED) is 0.661. The van der Waals surface area contributed by atoms with E-state index < -0.39 is 17.2 Å². The molecule has 2 aliphatic heterocycles. The minimum atomic E-state index is -0.673. The molecule has 0 saturated heterocycles. The molecule has 154 valence electrons. The molecule has 2 N–H and O–H groups in total. The molecule has 0 fully saturated rings. The van der Waals surface area contributed by atoms with Crippen molar-refractivity contribution in [3.63, 3.8) is 0 Å². The summed E-state index contributed by atoms with van der Waals surface area (Å²) in [5.41, 5.74) is 1.76. The molecule has 8 nitrogen and oxygen atoms in total. The first-order valence-electron chi connectivity index (χ1n) is 9.62. The highest BCUT2D eigenvalue weighted by molar-refractivity contribution is 8.16. The fourth-order valence-corrected chi connectivity index (χ4v) is 4.47. The minimum Gasteiger partial charge on any atom is -0.321 e. The van der Waals surface area contributed by atoms with Crippen LogP contribution in [0.1, 0.15) is 16.1 Å². The van der Waals surface area contributed by atoms with Crippen LogP contribution in [0.3, 0.4) is 0 Å². The van der Waals surface area contributed by atoms with Crippen LogP contribution in [0.2, 0.25) is 0 Å². The molecule has 0 saturated carbocycles. The lowest BCUT2D eigenvalue weighted by atomic mass is 10.1. The van der Waals surface area contributed by atoms with Crippen molar-refractivity contribution in [3.8, 4) is 5.69 Å². The maximum atomic E-state index is 12.6. The Balaban J connectivity index is 1.34. The summed E-state index contributed by atoms with van der Waals surface area (Å²) >= 11 is 1.61. The van der Waals surface area contributed by atoms with E-state index in [9.17, 15) is 14.4 Å². The summed E-state index contributed by atoms with van der Waals surface area (Å²) in [6.45, 7) is 1.67. The number of nitrogens with one attached hydrogen (secondary N) is 2. The number of thioether (sulfide) groups is 1. The molecular formula is C22H17N5O3S. The van der Waals surface area contributed by atoms with Gasteiger partial charge >= 0.3 is 5.69 Å². The average molecular weight is 431 g/mol. The molecule has 5 rings (SSSR count). The average Bonchev–Trinajstić information content (AvgIpc) is 3.39. The molecule has 0 radical (unpaired) electrons. The smallest absolute Gasteiger partial charge is 0.321 e. The number of H-pyrrole nitrogens is 1. The van der Waals surface area contributed by atoms with Crippen LogP contribution in [0.4, 0.5) is 5.69 Å². The molecule has 31 heavy (non-hydrogen) atoms. The standard InChI is InChI=1S/C22H17N5O3S/c28-19-12-17(25-21(30)27(19)16-4-2-1-3-5-16)20(29)24-15-8-6-14(7-9-15)18-13-31-22-23-10-11-26(18)22/h1-9,12-13H,10-11H2,(H,24,29)(H,25,30). The number of amides is 1. The number of carbonyl (C=O) groups is 1. The lowest BCUT2D eigenvalue weighted by Gasteiger charge is -2.16. The minimum absolute atomic E-state index is 0.0981. The van der Waals surface area contributed by atoms with Crippen LogP contribution in [-0.4, -0.2) is 38.6 Å². The third kappa shape index (κ3) is 3.59. The van der Waals surface area contributed by atoms with Gasteiger partial charge in [0.2, 0.25) is 0 Å². The van der Waals surface area contributed by atoms with Crippen LogP contribution in [0.15, 0.2) is 80.7 Å². The van der Waals surface area contributed by atoms with Crippen molar-refractivity contribution in [1.82, 2.24) is 14.5 Å². The molecule has 1 amide bonds. The van der Waals surface area contributed by atoms with E-state index in [1.165, 1.54) is 0 Å². The first-order chi connectivity index (χ1) is 15.1. The molecule has 0 unspecified atom stereocenters. The number of rotatable bonds is 4. The summed E-state index contributed by atoms with van der Waals surface area (Å²) in [6, 6.07) is 17.0. The number of aromatic nitrogens is 2. The van der Waals surface area contributed by atoms with Gasteiger partial charge in [-0.3, -0.25) is 14.6 Å². The summed E-state index contributed by atoms with van der Waals surface area (Å²) in [6.07, 6.45) is 0. The molecule has 9 heteroatoms. The lowest BCUT2D eigenvalue weighted by molar-refractivity contribution is 0.102. The van der Waals surface area contributed by atoms with Crippen molar-refractivity contribution < 1.29 is 4.79 Å². The summed E-state index contributed by atoms with van der Waals surface area (Å²) < 4.78 is 0.981. The van der Waals surface area contributed by atoms with Gasteiger partial charge in [-0.2, -0.15) is 0 Å². The zero-order valence-electron chi connectivity index (χ0n) is 16.2. The maximum Gasteiger partial charge on any atom is 0.333 e. The van der Waals surface area contributed by atoms with Crippen LogP contribution in [-0.2, 0) is 0 Å². The number of hydrogen-bond donors (Lipinski definition) is 2. The highest BCUT2D eigenvalue weighted by atomic mass is 32.2. The van der Waals surface area contributed by atoms with Crippen LogP contribution in [0, 0.1) is 0 Å². The Hall–Kier alpha value is -3.85. The van der Waals surface area contributed by atoms with Crippen molar-refractivity contribution in [2.45, 2.75) is 0 Å². The molecule has 1 aromatic heterocycles. The molecule has 0 spiro atoms. The van der Waals surface area contributed by atoms with E-state index in [0.717, 1.165) is 40.2 Å². The number of aromatic amines is 1. The number of aliphatic imine (C=N–C) groups is 1. The number of benzene rings is 2. The summed E-state index contributed by atoms with van der Waals surface area (Å²) in [4.78, 5) is 46.5. The first kappa shape index (κ1) is 19.1. The van der Waals surface area contributed by atoms with Crippen molar-refractivity contribution >= 4 is 34.2 Å². The second-order valence-corrected chi connectivity index (χ2v) is 7.80. The number of fused-ring (bicyclic) bond motifs is 1. The zero-order valence-corrected chi connectivity index (χ0v) is 17.1. The topological polar surface area (TPSA) is 99.6 Å². The van der Waals surface area contributed by atoms with E-state index in [-0.39, 0.29) is 5.69 Å². The predicted molar refractivity (Wildman–Crippen MR) is 122 cm³/mol. The number of anilines is 1. The zero-order chi connectivity index (χ0) is 21.4. The van der Waals surface area contributed by atoms with Crippen molar-refractivity contribution in [2.24, 2.45) is 4.99 Å². The normalized spacial score (nSPS) is 14.8. The maximum absolute atomic E-state index is 12.6. The van der Waals surface area contributed by atoms with Gasteiger partial charge in [0.15, 0.2) is 5.17 Å². The largest absolute Gasteiger partial charge is 0.333 e. The first-order valence-corrected chi connectivity index (χ1v) is 10.5. The van der Waals surface area contributed by atoms with Gasteiger partial charge in [0.05, 0.1) is 17.9 Å². The van der Waals surface area contributed by atoms with Gasteiger partial charge in [-0.05, 0) is 29.8 Å². The van der Waals surface area contributed by atoms with E-state index in [0.29, 0.717) is 11.4 Å². The Kier molecular flexibility index (Phi) is 4.79. The summed E-state index contributed by atoms with van der Waals surface area (Å²) in [5, 5.41) is 5.80. The van der Waals surface area contributed by atoms with E-state index in [1.54, 1.807) is 54.2 Å². The Morgan fingerprint density at radius 2 is 1.84 bits per heavy atom. The number of nitrogens with zero attached hydrogens (tertiary/aromatic N) is 3. The van der Waals surface area contributed by atoms with Crippen molar-refractivity contribution in [3.05, 3.63) is 98.2 Å². The number of hydrogen-bond acceptors (Lipinski definition) is 6. The highest BCUT2D eigenvalue weighted by Gasteiger charge is 2.26. The Morgan fingerprint density at radius 3 is 2.58 bits per heavy atom. The van der Waals surface area contributed by atoms with Gasteiger partial charge in [0.25, 0.3) is 11.5 Å². The Labute approximate surface area is 180 Å². The van der Waals surface area contributed by atoms with Crippen molar-refractivity contribution in [2.75, 3.05) is 18.4 Å². The van der Waals surface area contributed by atoms with Crippen LogP contribution < -0.4 is 16.6 Å². The third-order valence-corrected chi connectivity index (χ3v) is 5.90. The van der Waals surface area contributed by atoms with Crippen LogP contribution >= 0.6 is 11.8 Å². The molecule has 0 atom stereocenters. The van der Waals surface area contributed by atoms with Gasteiger partial charge in [-0.1, -0.05) is 42.1 Å². The Morgan fingerprint density at radius 1 is 1.06 bits per heavy atom. The molecule has 0 bridgehead atoms. The van der Waals surface area contributed by atoms with E-state index in [2.05, 4.69) is 25.6 Å². The van der Waals surface area contributed by atoms with E-state index in [1.807, 2.05) is 12.1 Å². The van der Waals surface area contributed by atoms with Gasteiger partial charge in [0, 0.05) is 23.7 Å². The monoisotopic (exact) mass is 431 g/mol. The van der Waals surface area contributed by atoms with Crippen LogP contribution in [0.25, 0.3) is 11.4 Å². The predicted octanol–water partition coefficient (Wildman–Crippen LogP) is 2.49. The second kappa shape index (κ2) is 7.77. The molecule has 2 aliphatic rings. The van der Waals surface area contributed by atoms with Gasteiger partial charge < -0.3 is 15.2 Å². The van der Waals surface area contributed by atoms with Gasteiger partial charge in [0.1, 0.15) is 5.69 Å². The molecule has 3 aromatic rings. The number of para-hydroxylation sites is 1. The SMILES string of the molecule is O=C(Nc1ccc(C2=CSC3=NCCN23)cc1)c1cc(=O)n(-c2ccccc2)c(=O)[nH]1. The highest BCUT2D eigenvalue weighted by Crippen LogP contribution is 2.35. The molecule has 3 heterocycles. The van der Waals surface area contributed by atoms with Gasteiger partial charge in [-0.25, -0.2) is 9.36 Å². The number of carbonyl (C=O) groups excluding carboxylic acids is 1. The van der Waals surface area contributed by atoms with Crippen LogP contribution in [0.5, 0.6) is 0 Å². The van der Waals surface area contributed by atoms with E-state index in [4.69, 9.17) is 0 Å². The molecule has 0 aliphatic carbocycles. The second-order valence-electron chi connectivity index (χ2n) is 6.97. The fourth-order valence-electron chi connectivity index (χ4n) is 3.51. The molecule has 2 aromatic carbocycles. The number of amidine groups is 1. The third-order valence-electron chi connectivity index (χ3n) is 5.00. The summed E-state index contributed by atoms with van der Waals surface area (Å²) in [7, 11) is 0. The fraction of sp³-hybridized carbons (Fsp3) is 0.0909. The van der Waals surface area contributed by atoms with E-state index >= 15 is 0 Å².